The van der Waals surface area contributed by atoms with Gasteiger partial charge >= 0.3 is 0 Å². The second-order valence-corrected chi connectivity index (χ2v) is 4.73. The normalized spacial score (nSPS) is 12.8. The molecule has 3 rings (SSSR count). The van der Waals surface area contributed by atoms with E-state index in [1.807, 2.05) is 30.3 Å². The minimum Gasteiger partial charge on any atom is -0.382 e. The van der Waals surface area contributed by atoms with Gasteiger partial charge in [0, 0.05) is 24.2 Å². The van der Waals surface area contributed by atoms with Crippen LogP contribution in [0.3, 0.4) is 0 Å². The Labute approximate surface area is 115 Å². The van der Waals surface area contributed by atoms with E-state index in [2.05, 4.69) is 10.1 Å². The number of aliphatic hydroxyl groups is 1. The molecule has 3 aromatic rings. The first-order valence-electron chi connectivity index (χ1n) is 5.87. The highest BCUT2D eigenvalue weighted by Gasteiger charge is 2.20. The second kappa shape index (κ2) is 4.64. The van der Waals surface area contributed by atoms with Crippen molar-refractivity contribution in [1.29, 1.82) is 0 Å². The molecular formula is C14H12ClN3O. The maximum Gasteiger partial charge on any atom is 0.124 e. The number of aromatic nitrogens is 3. The molecule has 19 heavy (non-hydrogen) atoms. The Kier molecular flexibility index (Phi) is 2.97. The number of nitrogens with zero attached hydrogens (tertiary/aromatic N) is 3. The van der Waals surface area contributed by atoms with Gasteiger partial charge in [-0.2, -0.15) is 5.10 Å². The molecule has 1 aromatic carbocycles. The van der Waals surface area contributed by atoms with E-state index in [-0.39, 0.29) is 0 Å². The van der Waals surface area contributed by atoms with E-state index in [1.54, 1.807) is 17.9 Å². The van der Waals surface area contributed by atoms with E-state index in [4.69, 9.17) is 11.6 Å². The van der Waals surface area contributed by atoms with Crippen molar-refractivity contribution in [2.75, 3.05) is 0 Å². The molecule has 96 valence electrons. The van der Waals surface area contributed by atoms with Crippen LogP contribution in [0.25, 0.3) is 10.9 Å². The quantitative estimate of drug-likeness (QED) is 0.781. The first-order valence-corrected chi connectivity index (χ1v) is 6.25. The molecule has 0 aliphatic rings. The van der Waals surface area contributed by atoms with Crippen LogP contribution in [0, 0.1) is 0 Å². The monoisotopic (exact) mass is 273 g/mol. The Balaban J connectivity index is 2.20. The van der Waals surface area contributed by atoms with Crippen LogP contribution in [0.1, 0.15) is 17.4 Å². The molecule has 0 saturated carbocycles. The lowest BCUT2D eigenvalue weighted by atomic mass is 10.0. The van der Waals surface area contributed by atoms with Crippen LogP contribution in [0.5, 0.6) is 0 Å². The number of hydrogen-bond acceptors (Lipinski definition) is 3. The molecule has 1 N–H and O–H groups in total. The summed E-state index contributed by atoms with van der Waals surface area (Å²) in [4.78, 5) is 4.34. The molecular weight excluding hydrogens is 262 g/mol. The van der Waals surface area contributed by atoms with Crippen LogP contribution < -0.4 is 0 Å². The third-order valence-electron chi connectivity index (χ3n) is 3.16. The van der Waals surface area contributed by atoms with Crippen LogP contribution in [-0.2, 0) is 7.05 Å². The number of halogens is 1. The summed E-state index contributed by atoms with van der Waals surface area (Å²) in [5.41, 5.74) is 2.07. The third kappa shape index (κ3) is 1.99. The lowest BCUT2D eigenvalue weighted by Gasteiger charge is -2.14. The fraction of sp³-hybridized carbons (Fsp3) is 0.143. The van der Waals surface area contributed by atoms with Crippen LogP contribution in [0.15, 0.2) is 42.7 Å². The number of aliphatic hydroxyl groups excluding tert-OH is 1. The Morgan fingerprint density at radius 2 is 2.05 bits per heavy atom. The van der Waals surface area contributed by atoms with Crippen LogP contribution in [0.4, 0.5) is 0 Å². The van der Waals surface area contributed by atoms with Crippen molar-refractivity contribution in [3.63, 3.8) is 0 Å². The van der Waals surface area contributed by atoms with Gasteiger partial charge in [0.15, 0.2) is 0 Å². The van der Waals surface area contributed by atoms with Crippen molar-refractivity contribution in [2.45, 2.75) is 6.10 Å². The fourth-order valence-electron chi connectivity index (χ4n) is 2.22. The second-order valence-electron chi connectivity index (χ2n) is 4.33. The predicted molar refractivity (Wildman–Crippen MR) is 74.0 cm³/mol. The topological polar surface area (TPSA) is 50.9 Å². The minimum atomic E-state index is -0.849. The van der Waals surface area contributed by atoms with Gasteiger partial charge in [0.2, 0.25) is 0 Å². The van der Waals surface area contributed by atoms with Gasteiger partial charge in [-0.25, -0.2) is 0 Å². The molecule has 2 aromatic heterocycles. The molecule has 0 radical (unpaired) electrons. The van der Waals surface area contributed by atoms with Crippen molar-refractivity contribution in [1.82, 2.24) is 14.8 Å². The number of fused-ring (bicyclic) bond motifs is 1. The number of pyridine rings is 1. The van der Waals surface area contributed by atoms with E-state index in [0.29, 0.717) is 10.7 Å². The molecule has 0 bridgehead atoms. The lowest BCUT2D eigenvalue weighted by molar-refractivity contribution is 0.211. The zero-order chi connectivity index (χ0) is 13.4. The summed E-state index contributed by atoms with van der Waals surface area (Å²) in [6, 6.07) is 9.54. The Bertz CT molecular complexity index is 714. The number of aryl methyl sites for hydroxylation is 1. The largest absolute Gasteiger partial charge is 0.382 e. The molecule has 5 heteroatoms. The predicted octanol–water partition coefficient (Wildman–Crippen LogP) is 2.70. The Morgan fingerprint density at radius 1 is 1.26 bits per heavy atom. The van der Waals surface area contributed by atoms with E-state index in [9.17, 15) is 5.11 Å². The van der Waals surface area contributed by atoms with Crippen LogP contribution in [-0.4, -0.2) is 19.9 Å². The number of benzene rings is 1. The summed E-state index contributed by atoms with van der Waals surface area (Å²) in [7, 11) is 1.75. The van der Waals surface area contributed by atoms with Gasteiger partial charge in [0.1, 0.15) is 6.10 Å². The van der Waals surface area contributed by atoms with E-state index >= 15 is 0 Å². The molecule has 0 saturated heterocycles. The molecule has 1 unspecified atom stereocenters. The summed E-state index contributed by atoms with van der Waals surface area (Å²) < 4.78 is 1.58. The van der Waals surface area contributed by atoms with Crippen LogP contribution in [0.2, 0.25) is 5.02 Å². The highest BCUT2D eigenvalue weighted by molar-refractivity contribution is 6.31. The lowest BCUT2D eigenvalue weighted by Crippen LogP contribution is -2.08. The maximum absolute atomic E-state index is 10.6. The van der Waals surface area contributed by atoms with E-state index < -0.39 is 6.10 Å². The van der Waals surface area contributed by atoms with Crippen molar-refractivity contribution >= 4 is 22.5 Å². The van der Waals surface area contributed by atoms with Crippen molar-refractivity contribution in [3.8, 4) is 0 Å². The molecule has 4 nitrogen and oxygen atoms in total. The average molecular weight is 274 g/mol. The van der Waals surface area contributed by atoms with E-state index in [1.165, 1.54) is 6.20 Å². The summed E-state index contributed by atoms with van der Waals surface area (Å²) >= 11 is 6.08. The van der Waals surface area contributed by atoms with Crippen molar-refractivity contribution in [2.24, 2.45) is 7.05 Å². The van der Waals surface area contributed by atoms with Crippen LogP contribution >= 0.6 is 11.6 Å². The maximum atomic E-state index is 10.6. The van der Waals surface area contributed by atoms with E-state index in [0.717, 1.165) is 16.5 Å². The van der Waals surface area contributed by atoms with Gasteiger partial charge in [-0.05, 0) is 6.07 Å². The molecule has 0 aliphatic heterocycles. The Morgan fingerprint density at radius 3 is 2.79 bits per heavy atom. The standard InChI is InChI=1S/C14H12ClN3O/c1-18-13(11(15)8-17-18)14(19)10-6-2-4-9-5-3-7-16-12(9)10/h2-8,14,19H,1H3. The van der Waals surface area contributed by atoms with Gasteiger partial charge in [0.25, 0.3) is 0 Å². The summed E-state index contributed by atoms with van der Waals surface area (Å²) in [5, 5.41) is 16.0. The van der Waals surface area contributed by atoms with Crippen molar-refractivity contribution < 1.29 is 5.11 Å². The molecule has 2 heterocycles. The third-order valence-corrected chi connectivity index (χ3v) is 3.45. The van der Waals surface area contributed by atoms with Gasteiger partial charge in [-0.1, -0.05) is 35.9 Å². The van der Waals surface area contributed by atoms with Crippen molar-refractivity contribution in [3.05, 3.63) is 59.0 Å². The number of rotatable bonds is 2. The summed E-state index contributed by atoms with van der Waals surface area (Å²) in [5.74, 6) is 0. The number of hydrogen-bond donors (Lipinski definition) is 1. The zero-order valence-corrected chi connectivity index (χ0v) is 11.0. The van der Waals surface area contributed by atoms with Gasteiger partial charge < -0.3 is 5.11 Å². The molecule has 0 aliphatic carbocycles. The summed E-state index contributed by atoms with van der Waals surface area (Å²) in [6.45, 7) is 0. The molecule has 0 amide bonds. The molecule has 1 atom stereocenters. The van der Waals surface area contributed by atoms with Gasteiger partial charge in [-0.3, -0.25) is 9.67 Å². The first-order chi connectivity index (χ1) is 9.18. The highest BCUT2D eigenvalue weighted by Crippen LogP contribution is 2.31. The van der Waals surface area contributed by atoms with Gasteiger partial charge in [0.05, 0.1) is 22.4 Å². The SMILES string of the molecule is Cn1ncc(Cl)c1C(O)c1cccc2cccnc12. The summed E-state index contributed by atoms with van der Waals surface area (Å²) in [6.07, 6.45) is 2.39. The molecule has 0 fully saturated rings. The molecule has 0 spiro atoms. The fourth-order valence-corrected chi connectivity index (χ4v) is 2.49. The smallest absolute Gasteiger partial charge is 0.124 e. The minimum absolute atomic E-state index is 0.447. The highest BCUT2D eigenvalue weighted by atomic mass is 35.5. The zero-order valence-electron chi connectivity index (χ0n) is 10.3. The average Bonchev–Trinajstić information content (AvgIpc) is 2.77. The van der Waals surface area contributed by atoms with Gasteiger partial charge in [-0.15, -0.1) is 0 Å². The first kappa shape index (κ1) is 12.1. The Hall–Kier alpha value is -1.91. The number of para-hydroxylation sites is 1.